The molecule has 0 saturated carbocycles. The van der Waals surface area contributed by atoms with Gasteiger partial charge in [0.15, 0.2) is 0 Å². The van der Waals surface area contributed by atoms with Crippen molar-refractivity contribution < 1.29 is 16.3 Å². The van der Waals surface area contributed by atoms with E-state index in [4.69, 9.17) is 0 Å². The number of thiophene rings is 1. The molecule has 3 heteroatoms. The molecular formula is C6H7BrSZn. The summed E-state index contributed by atoms with van der Waals surface area (Å²) in [5.74, 6) is 0. The van der Waals surface area contributed by atoms with Crippen LogP contribution in [0.2, 0.25) is 0 Å². The monoisotopic (exact) mass is 254 g/mol. The van der Waals surface area contributed by atoms with Crippen molar-refractivity contribution in [1.82, 2.24) is 0 Å². The average Bonchev–Trinajstić information content (AvgIpc) is 2.43. The maximum atomic E-state index is 3.06. The van der Waals surface area contributed by atoms with E-state index in [0.717, 1.165) is 6.42 Å². The van der Waals surface area contributed by atoms with E-state index in [1.165, 1.54) is 21.2 Å². The fraction of sp³-hybridized carbons (Fsp3) is 0.333. The number of hydrogen-bond donors (Lipinski definition) is 0. The van der Waals surface area contributed by atoms with Crippen LogP contribution in [0, 0.1) is 6.07 Å². The van der Waals surface area contributed by atoms with E-state index >= 15 is 0 Å². The molecule has 0 N–H and O–H groups in total. The van der Waals surface area contributed by atoms with Gasteiger partial charge in [0, 0.05) is 0 Å². The molecule has 0 aromatic carbocycles. The molecule has 1 rings (SSSR count). The Bertz CT molecular complexity index is 128. The summed E-state index contributed by atoms with van der Waals surface area (Å²) in [7, 11) is 0. The van der Waals surface area contributed by atoms with Crippen LogP contribution in [0.25, 0.3) is 0 Å². The van der Waals surface area contributed by atoms with Gasteiger partial charge in [-0.15, -0.1) is 10.3 Å². The number of hydrogen-bond acceptors (Lipinski definition) is 1. The van der Waals surface area contributed by atoms with Crippen molar-refractivity contribution in [3.05, 3.63) is 22.4 Å². The van der Waals surface area contributed by atoms with Gasteiger partial charge in [-0.25, -0.2) is 12.1 Å². The van der Waals surface area contributed by atoms with E-state index in [1.54, 1.807) is 11.3 Å². The van der Waals surface area contributed by atoms with E-state index < -0.39 is 0 Å². The summed E-state index contributed by atoms with van der Waals surface area (Å²) < 4.78 is 0. The first-order valence-corrected chi connectivity index (χ1v) is 10.5. The molecule has 1 aromatic heterocycles. The van der Waals surface area contributed by atoms with E-state index in [0.29, 0.717) is 0 Å². The van der Waals surface area contributed by atoms with Gasteiger partial charge in [0.1, 0.15) is 0 Å². The Morgan fingerprint density at radius 3 is 2.67 bits per heavy atom. The van der Waals surface area contributed by atoms with E-state index in [2.05, 4.69) is 26.6 Å². The molecule has 1 heterocycles. The van der Waals surface area contributed by atoms with Gasteiger partial charge in [-0.1, -0.05) is 13.3 Å². The first kappa shape index (κ1) is 9.80. The van der Waals surface area contributed by atoms with Gasteiger partial charge in [-0.2, -0.15) is 0 Å². The van der Waals surface area contributed by atoms with Crippen LogP contribution in [-0.4, -0.2) is 0 Å². The normalized spacial score (nSPS) is 8.00. The molecule has 0 fully saturated rings. The molecule has 46 valence electrons. The molecule has 0 spiro atoms. The third-order valence-electron chi connectivity index (χ3n) is 0.871. The first-order chi connectivity index (χ1) is 4.43. The van der Waals surface area contributed by atoms with Crippen molar-refractivity contribution in [1.29, 1.82) is 0 Å². The fourth-order valence-electron chi connectivity index (χ4n) is 0.456. The van der Waals surface area contributed by atoms with Gasteiger partial charge in [0.2, 0.25) is 0 Å². The Morgan fingerprint density at radius 2 is 2.44 bits per heavy atom. The molecule has 0 atom stereocenters. The topological polar surface area (TPSA) is 0 Å². The van der Waals surface area contributed by atoms with Gasteiger partial charge in [0.25, 0.3) is 0 Å². The van der Waals surface area contributed by atoms with Crippen LogP contribution < -0.4 is 0 Å². The molecule has 0 aliphatic carbocycles. The summed E-state index contributed by atoms with van der Waals surface area (Å²) in [4.78, 5) is 1.42. The molecule has 0 bridgehead atoms. The zero-order valence-electron chi connectivity index (χ0n) is 5.36. The molecule has 0 aliphatic rings. The third-order valence-corrected chi connectivity index (χ3v) is 1.83. The number of rotatable bonds is 1. The predicted molar refractivity (Wildman–Crippen MR) is 41.5 cm³/mol. The third kappa shape index (κ3) is 4.24. The fourth-order valence-corrected chi connectivity index (χ4v) is 1.05. The van der Waals surface area contributed by atoms with E-state index in [9.17, 15) is 0 Å². The second kappa shape index (κ2) is 6.92. The van der Waals surface area contributed by atoms with Crippen molar-refractivity contribution >= 4 is 25.0 Å². The molecular weight excluding hydrogens is 249 g/mol. The predicted octanol–water partition coefficient (Wildman–Crippen LogP) is 2.95. The van der Waals surface area contributed by atoms with E-state index in [-0.39, 0.29) is 0 Å². The standard InChI is InChI=1S/C6H7S.BrH.Zn/c1-2-6-4-3-5-7-6;;/h4-5H,2H2,1H3;1H;/q-1;;+2/p-1. The summed E-state index contributed by atoms with van der Waals surface area (Å²) in [5, 5.41) is 1.98. The van der Waals surface area contributed by atoms with Crippen molar-refractivity contribution in [2.24, 2.45) is 0 Å². The molecule has 9 heavy (non-hydrogen) atoms. The van der Waals surface area contributed by atoms with Crippen molar-refractivity contribution in [3.8, 4) is 0 Å². The number of aryl methyl sites for hydroxylation is 1. The second-order valence-electron chi connectivity index (χ2n) is 1.37. The summed E-state index contributed by atoms with van der Waals surface area (Å²) in [5.41, 5.74) is 0. The van der Waals surface area contributed by atoms with E-state index in [1.807, 2.05) is 11.4 Å². The van der Waals surface area contributed by atoms with Gasteiger partial charge < -0.3 is 0 Å². The van der Waals surface area contributed by atoms with Crippen molar-refractivity contribution in [3.63, 3.8) is 0 Å². The van der Waals surface area contributed by atoms with Crippen molar-refractivity contribution in [2.45, 2.75) is 13.3 Å². The first-order valence-electron chi connectivity index (χ1n) is 2.63. The van der Waals surface area contributed by atoms with Crippen LogP contribution in [0.3, 0.4) is 0 Å². The zero-order chi connectivity index (χ0) is 7.11. The molecule has 0 saturated heterocycles. The van der Waals surface area contributed by atoms with Crippen LogP contribution in [0.15, 0.2) is 11.4 Å². The Hall–Kier alpha value is 0.803. The second-order valence-corrected chi connectivity index (χ2v) is 2.36. The summed E-state index contributed by atoms with van der Waals surface area (Å²) in [6.07, 6.45) is 1.15. The maximum absolute atomic E-state index is 3.06. The van der Waals surface area contributed by atoms with Gasteiger partial charge in [-0.05, 0) is 0 Å². The summed E-state index contributed by atoms with van der Waals surface area (Å²) in [6, 6.07) is 5.03. The molecule has 0 nitrogen and oxygen atoms in total. The molecule has 0 amide bonds. The Kier molecular flexibility index (Phi) is 7.53. The minimum absolute atomic E-state index is 1.15. The zero-order valence-corrected chi connectivity index (χ0v) is 10.7. The Balaban J connectivity index is 0.000000291. The molecule has 0 radical (unpaired) electrons. The van der Waals surface area contributed by atoms with Crippen LogP contribution in [-0.2, 0) is 22.8 Å². The van der Waals surface area contributed by atoms with Gasteiger partial charge >= 0.3 is 30.0 Å². The average molecular weight is 256 g/mol. The van der Waals surface area contributed by atoms with Crippen molar-refractivity contribution in [2.75, 3.05) is 0 Å². The summed E-state index contributed by atoms with van der Waals surface area (Å²) in [6.45, 7) is 2.15. The molecule has 0 unspecified atom stereocenters. The van der Waals surface area contributed by atoms with Gasteiger partial charge in [-0.3, -0.25) is 11.3 Å². The van der Waals surface area contributed by atoms with Gasteiger partial charge in [0.05, 0.1) is 0 Å². The van der Waals surface area contributed by atoms with Crippen LogP contribution >= 0.6 is 25.0 Å². The molecule has 0 aliphatic heterocycles. The molecule has 1 aromatic rings. The quantitative estimate of drug-likeness (QED) is 0.535. The van der Waals surface area contributed by atoms with Crippen LogP contribution in [0.5, 0.6) is 0 Å². The summed E-state index contributed by atoms with van der Waals surface area (Å²) >= 11 is 6.02. The van der Waals surface area contributed by atoms with Crippen LogP contribution in [0.1, 0.15) is 11.8 Å². The SMILES string of the molecule is CCc1c[c-]cs1.[Zn+][Br]. The Morgan fingerprint density at radius 1 is 1.78 bits per heavy atom. The minimum atomic E-state index is 1.15. The van der Waals surface area contributed by atoms with Crippen LogP contribution in [0.4, 0.5) is 0 Å². The Labute approximate surface area is 76.7 Å². The number of halogens is 1.